The normalized spacial score (nSPS) is 11.8. The summed E-state index contributed by atoms with van der Waals surface area (Å²) in [6.45, 7) is 4.02. The van der Waals surface area contributed by atoms with Gasteiger partial charge in [-0.15, -0.1) is 0 Å². The summed E-state index contributed by atoms with van der Waals surface area (Å²) in [5, 5.41) is 31.8. The minimum absolute atomic E-state index is 0.0618. The molecular formula is C19H25N5O2. The lowest BCUT2D eigenvalue weighted by atomic mass is 10.0. The van der Waals surface area contributed by atoms with Gasteiger partial charge in [-0.3, -0.25) is 0 Å². The molecule has 2 rings (SSSR count). The smallest absolute Gasteiger partial charge is 0.222 e. The number of phenols is 1. The lowest BCUT2D eigenvalue weighted by Crippen LogP contribution is -2.23. The second-order valence-corrected chi connectivity index (χ2v) is 6.27. The fourth-order valence-electron chi connectivity index (χ4n) is 2.91. The van der Waals surface area contributed by atoms with Crippen molar-refractivity contribution >= 4 is 11.8 Å². The van der Waals surface area contributed by atoms with E-state index in [9.17, 15) is 10.2 Å². The largest absolute Gasteiger partial charge is 0.508 e. The number of nitrogens with one attached hydrogen (secondary N) is 1. The maximum atomic E-state index is 10.2. The Hall–Kier alpha value is -2.85. The van der Waals surface area contributed by atoms with E-state index in [0.29, 0.717) is 29.8 Å². The second kappa shape index (κ2) is 9.02. The van der Waals surface area contributed by atoms with Crippen molar-refractivity contribution < 1.29 is 10.2 Å². The summed E-state index contributed by atoms with van der Waals surface area (Å²) in [4.78, 5) is 8.57. The zero-order valence-electron chi connectivity index (χ0n) is 15.2. The highest BCUT2D eigenvalue weighted by molar-refractivity contribution is 5.54. The van der Waals surface area contributed by atoms with Gasteiger partial charge < -0.3 is 21.3 Å². The quantitative estimate of drug-likeness (QED) is 0.572. The summed E-state index contributed by atoms with van der Waals surface area (Å²) in [5.41, 5.74) is 8.45. The number of aromatic nitrogens is 2. The van der Waals surface area contributed by atoms with Crippen LogP contribution in [0, 0.1) is 18.3 Å². The summed E-state index contributed by atoms with van der Waals surface area (Å²) in [5.74, 6) is 0.856. The van der Waals surface area contributed by atoms with Crippen LogP contribution >= 0.6 is 0 Å². The van der Waals surface area contributed by atoms with E-state index in [1.807, 2.05) is 13.0 Å². The fraction of sp³-hybridized carbons (Fsp3) is 0.421. The molecule has 0 aliphatic heterocycles. The van der Waals surface area contributed by atoms with Gasteiger partial charge in [0.05, 0.1) is 11.6 Å². The van der Waals surface area contributed by atoms with Gasteiger partial charge in [-0.25, -0.2) is 4.98 Å². The first-order valence-corrected chi connectivity index (χ1v) is 8.70. The molecule has 5 N–H and O–H groups in total. The van der Waals surface area contributed by atoms with Crippen LogP contribution in [0.15, 0.2) is 18.2 Å². The van der Waals surface area contributed by atoms with Gasteiger partial charge >= 0.3 is 0 Å². The van der Waals surface area contributed by atoms with E-state index in [4.69, 9.17) is 11.0 Å². The third kappa shape index (κ3) is 4.83. The molecule has 0 bridgehead atoms. The van der Waals surface area contributed by atoms with Crippen LogP contribution in [0.1, 0.15) is 48.6 Å². The van der Waals surface area contributed by atoms with Crippen molar-refractivity contribution in [2.24, 2.45) is 0 Å². The molecule has 7 heteroatoms. The number of benzene rings is 1. The Labute approximate surface area is 153 Å². The molecule has 1 atom stereocenters. The van der Waals surface area contributed by atoms with Crippen LogP contribution in [0.3, 0.4) is 0 Å². The van der Waals surface area contributed by atoms with Crippen LogP contribution in [0.4, 0.5) is 11.8 Å². The molecule has 0 saturated heterocycles. The van der Waals surface area contributed by atoms with Gasteiger partial charge in [0, 0.05) is 30.3 Å². The monoisotopic (exact) mass is 355 g/mol. The zero-order chi connectivity index (χ0) is 19.1. The topological polar surface area (TPSA) is 128 Å². The Kier molecular flexibility index (Phi) is 6.75. The third-order valence-corrected chi connectivity index (χ3v) is 4.27. The van der Waals surface area contributed by atoms with Crippen molar-refractivity contribution in [3.05, 3.63) is 40.6 Å². The van der Waals surface area contributed by atoms with E-state index >= 15 is 0 Å². The van der Waals surface area contributed by atoms with Gasteiger partial charge in [0.1, 0.15) is 11.6 Å². The number of nitrogens with two attached hydrogens (primary N) is 1. The molecule has 1 aromatic heterocycles. The molecule has 1 heterocycles. The number of aliphatic hydroxyl groups excluding tert-OH is 1. The van der Waals surface area contributed by atoms with Crippen molar-refractivity contribution in [1.82, 2.24) is 9.97 Å². The molecule has 2 aromatic rings. The minimum Gasteiger partial charge on any atom is -0.508 e. The molecule has 1 aromatic carbocycles. The first-order chi connectivity index (χ1) is 12.5. The number of nitrogens with zero attached hydrogens (tertiary/aromatic N) is 3. The molecule has 7 nitrogen and oxygen atoms in total. The molecule has 0 fully saturated rings. The number of aliphatic hydroxyl groups is 1. The Balaban J connectivity index is 2.37. The lowest BCUT2D eigenvalue weighted by Gasteiger charge is -2.21. The highest BCUT2D eigenvalue weighted by Crippen LogP contribution is 2.27. The van der Waals surface area contributed by atoms with E-state index in [1.54, 1.807) is 12.1 Å². The van der Waals surface area contributed by atoms with Gasteiger partial charge in [-0.05, 0) is 37.5 Å². The minimum atomic E-state index is 0.0618. The van der Waals surface area contributed by atoms with E-state index in [0.717, 1.165) is 24.1 Å². The summed E-state index contributed by atoms with van der Waals surface area (Å²) in [6.07, 6.45) is 2.89. The molecular weight excluding hydrogens is 330 g/mol. The van der Waals surface area contributed by atoms with Gasteiger partial charge in [0.2, 0.25) is 5.95 Å². The second-order valence-electron chi connectivity index (χ2n) is 6.27. The van der Waals surface area contributed by atoms with Crippen LogP contribution in [-0.2, 0) is 6.42 Å². The van der Waals surface area contributed by atoms with E-state index < -0.39 is 0 Å². The Morgan fingerprint density at radius 1 is 1.31 bits per heavy atom. The molecule has 0 spiro atoms. The summed E-state index contributed by atoms with van der Waals surface area (Å²) in [6, 6.07) is 6.92. The Morgan fingerprint density at radius 3 is 2.69 bits per heavy atom. The predicted octanol–water partition coefficient (Wildman–Crippen LogP) is 2.50. The number of hydrogen-bond donors (Lipinski definition) is 4. The summed E-state index contributed by atoms with van der Waals surface area (Å²) < 4.78 is 0. The number of aryl methyl sites for hydroxylation is 1. The first-order valence-electron chi connectivity index (χ1n) is 8.70. The summed E-state index contributed by atoms with van der Waals surface area (Å²) >= 11 is 0. The Bertz CT molecular complexity index is 795. The highest BCUT2D eigenvalue weighted by Gasteiger charge is 2.17. The van der Waals surface area contributed by atoms with Gasteiger partial charge in [0.15, 0.2) is 0 Å². The molecule has 0 amide bonds. The number of phenolic OH excluding ortho intramolecular Hbond substituents is 1. The molecule has 0 aliphatic carbocycles. The number of anilines is 2. The molecule has 0 radical (unpaired) electrons. The van der Waals surface area contributed by atoms with E-state index in [1.165, 1.54) is 6.07 Å². The molecule has 1 unspecified atom stereocenters. The van der Waals surface area contributed by atoms with Crippen LogP contribution < -0.4 is 11.1 Å². The number of rotatable bonds is 8. The van der Waals surface area contributed by atoms with Crippen LogP contribution in [0.5, 0.6) is 5.75 Å². The average molecular weight is 355 g/mol. The third-order valence-electron chi connectivity index (χ3n) is 4.27. The molecule has 138 valence electrons. The molecule has 0 saturated carbocycles. The van der Waals surface area contributed by atoms with Crippen LogP contribution in [0.2, 0.25) is 0 Å². The maximum absolute atomic E-state index is 10.2. The van der Waals surface area contributed by atoms with Gasteiger partial charge in [-0.1, -0.05) is 19.4 Å². The molecule has 26 heavy (non-hydrogen) atoms. The van der Waals surface area contributed by atoms with Crippen LogP contribution in [0.25, 0.3) is 0 Å². The van der Waals surface area contributed by atoms with E-state index in [2.05, 4.69) is 22.2 Å². The standard InChI is InChI=1S/C19H25N5O2/c1-3-4-15(7-8-25)23-18-16(12(2)22-19(21)24-18)10-14-6-5-13(11-20)9-17(14)26/h5-6,9,15,25-26H,3-4,7-8,10H2,1-2H3,(H3,21,22,23,24). The number of aromatic hydroxyl groups is 1. The predicted molar refractivity (Wildman–Crippen MR) is 101 cm³/mol. The average Bonchev–Trinajstić information content (AvgIpc) is 2.59. The van der Waals surface area contributed by atoms with Gasteiger partial charge in [-0.2, -0.15) is 10.2 Å². The fourth-order valence-corrected chi connectivity index (χ4v) is 2.91. The zero-order valence-corrected chi connectivity index (χ0v) is 15.2. The SMILES string of the molecule is CCCC(CCO)Nc1nc(N)nc(C)c1Cc1ccc(C#N)cc1O. The maximum Gasteiger partial charge on any atom is 0.222 e. The number of nitriles is 1. The summed E-state index contributed by atoms with van der Waals surface area (Å²) in [7, 11) is 0. The van der Waals surface area contributed by atoms with Crippen molar-refractivity contribution in [3.8, 4) is 11.8 Å². The van der Waals surface area contributed by atoms with Crippen LogP contribution in [-0.4, -0.2) is 32.8 Å². The van der Waals surface area contributed by atoms with Crippen molar-refractivity contribution in [3.63, 3.8) is 0 Å². The number of nitrogen functional groups attached to an aromatic ring is 1. The number of hydrogen-bond acceptors (Lipinski definition) is 7. The van der Waals surface area contributed by atoms with Crippen molar-refractivity contribution in [2.75, 3.05) is 17.7 Å². The van der Waals surface area contributed by atoms with E-state index in [-0.39, 0.29) is 24.3 Å². The van der Waals surface area contributed by atoms with Crippen molar-refractivity contribution in [2.45, 2.75) is 45.6 Å². The molecule has 0 aliphatic rings. The Morgan fingerprint density at radius 2 is 2.08 bits per heavy atom. The van der Waals surface area contributed by atoms with Gasteiger partial charge in [0.25, 0.3) is 0 Å². The lowest BCUT2D eigenvalue weighted by molar-refractivity contribution is 0.276. The first kappa shape index (κ1) is 19.5. The highest BCUT2D eigenvalue weighted by atomic mass is 16.3. The van der Waals surface area contributed by atoms with Crippen molar-refractivity contribution in [1.29, 1.82) is 5.26 Å².